The van der Waals surface area contributed by atoms with Crippen molar-refractivity contribution < 1.29 is 5.11 Å². The lowest BCUT2D eigenvalue weighted by Crippen LogP contribution is -2.36. The Morgan fingerprint density at radius 2 is 2.09 bits per heavy atom. The normalized spacial score (nSPS) is 21.5. The summed E-state index contributed by atoms with van der Waals surface area (Å²) in [7, 11) is 0. The van der Waals surface area contributed by atoms with Crippen LogP contribution >= 0.6 is 0 Å². The maximum Gasteiger partial charge on any atom is 0.0564 e. The van der Waals surface area contributed by atoms with Crippen molar-refractivity contribution in [1.29, 1.82) is 0 Å². The molecule has 11 heavy (non-hydrogen) atoms. The Morgan fingerprint density at radius 3 is 2.64 bits per heavy atom. The Hall–Kier alpha value is -0.520. The molecule has 2 nitrogen and oxygen atoms in total. The largest absolute Gasteiger partial charge is 0.393 e. The fourth-order valence-corrected chi connectivity index (χ4v) is 1.37. The minimum absolute atomic E-state index is 0.0721. The van der Waals surface area contributed by atoms with Gasteiger partial charge in [0.2, 0.25) is 0 Å². The number of nitrogens with zero attached hydrogens (tertiary/aromatic N) is 1. The van der Waals surface area contributed by atoms with Crippen LogP contribution in [-0.4, -0.2) is 35.7 Å². The molecule has 0 bridgehead atoms. The fourth-order valence-electron chi connectivity index (χ4n) is 1.37. The SMILES string of the molecule is C#CCCN1CCC(O)CC1. The number of aliphatic hydroxyl groups is 1. The van der Waals surface area contributed by atoms with E-state index in [0.717, 1.165) is 38.9 Å². The molecule has 0 saturated carbocycles. The molecule has 1 aliphatic heterocycles. The number of hydrogen-bond donors (Lipinski definition) is 1. The highest BCUT2D eigenvalue weighted by Crippen LogP contribution is 2.09. The number of rotatable bonds is 2. The Labute approximate surface area is 68.2 Å². The van der Waals surface area contributed by atoms with Crippen LogP contribution in [0.3, 0.4) is 0 Å². The zero-order valence-electron chi connectivity index (χ0n) is 6.79. The molecule has 0 radical (unpaired) electrons. The first kappa shape index (κ1) is 8.58. The first-order chi connectivity index (χ1) is 5.33. The monoisotopic (exact) mass is 153 g/mol. The summed E-state index contributed by atoms with van der Waals surface area (Å²) < 4.78 is 0. The van der Waals surface area contributed by atoms with Gasteiger partial charge in [0.1, 0.15) is 0 Å². The zero-order chi connectivity index (χ0) is 8.10. The molecule has 1 N–H and O–H groups in total. The third-order valence-corrected chi connectivity index (χ3v) is 2.13. The zero-order valence-corrected chi connectivity index (χ0v) is 6.79. The molecule has 0 aliphatic carbocycles. The van der Waals surface area contributed by atoms with Crippen LogP contribution in [0, 0.1) is 12.3 Å². The first-order valence-electron chi connectivity index (χ1n) is 4.17. The van der Waals surface area contributed by atoms with E-state index in [4.69, 9.17) is 6.42 Å². The van der Waals surface area contributed by atoms with Crippen LogP contribution in [0.1, 0.15) is 19.3 Å². The molecule has 0 spiro atoms. The maximum atomic E-state index is 9.19. The molecule has 0 atom stereocenters. The molecule has 62 valence electrons. The molecular weight excluding hydrogens is 138 g/mol. The van der Waals surface area contributed by atoms with Crippen molar-refractivity contribution in [1.82, 2.24) is 4.90 Å². The lowest BCUT2D eigenvalue weighted by Gasteiger charge is -2.28. The van der Waals surface area contributed by atoms with Gasteiger partial charge in [-0.1, -0.05) is 0 Å². The average Bonchev–Trinajstić information content (AvgIpc) is 2.04. The summed E-state index contributed by atoms with van der Waals surface area (Å²) in [6.07, 6.45) is 7.72. The van der Waals surface area contributed by atoms with E-state index in [-0.39, 0.29) is 6.10 Å². The summed E-state index contributed by atoms with van der Waals surface area (Å²) in [5.41, 5.74) is 0. The molecule has 1 aliphatic rings. The summed E-state index contributed by atoms with van der Waals surface area (Å²) in [4.78, 5) is 2.31. The van der Waals surface area contributed by atoms with E-state index in [9.17, 15) is 5.11 Å². The summed E-state index contributed by atoms with van der Waals surface area (Å²) in [6.45, 7) is 2.99. The predicted molar refractivity (Wildman–Crippen MR) is 45.1 cm³/mol. The van der Waals surface area contributed by atoms with Crippen LogP contribution in [-0.2, 0) is 0 Å². The quantitative estimate of drug-likeness (QED) is 0.583. The molecule has 1 saturated heterocycles. The third kappa shape index (κ3) is 2.92. The molecule has 0 aromatic carbocycles. The van der Waals surface area contributed by atoms with Gasteiger partial charge < -0.3 is 10.0 Å². The van der Waals surface area contributed by atoms with Crippen molar-refractivity contribution in [3.8, 4) is 12.3 Å². The molecule has 1 fully saturated rings. The Bertz CT molecular complexity index is 142. The van der Waals surface area contributed by atoms with Gasteiger partial charge in [-0.25, -0.2) is 0 Å². The molecule has 1 rings (SSSR count). The minimum atomic E-state index is -0.0721. The maximum absolute atomic E-state index is 9.19. The fraction of sp³-hybridized carbons (Fsp3) is 0.778. The van der Waals surface area contributed by atoms with Crippen LogP contribution in [0.25, 0.3) is 0 Å². The van der Waals surface area contributed by atoms with Gasteiger partial charge >= 0.3 is 0 Å². The second-order valence-corrected chi connectivity index (χ2v) is 3.03. The molecule has 1 heterocycles. The van der Waals surface area contributed by atoms with E-state index in [0.29, 0.717) is 0 Å². The molecular formula is C9H15NO. The second kappa shape index (κ2) is 4.38. The highest BCUT2D eigenvalue weighted by molar-refractivity contribution is 4.85. The lowest BCUT2D eigenvalue weighted by molar-refractivity contribution is 0.0837. The van der Waals surface area contributed by atoms with Gasteiger partial charge in [-0.15, -0.1) is 12.3 Å². The van der Waals surface area contributed by atoms with E-state index in [1.807, 2.05) is 0 Å². The summed E-state index contributed by atoms with van der Waals surface area (Å²) >= 11 is 0. The van der Waals surface area contributed by atoms with Gasteiger partial charge in [-0.2, -0.15) is 0 Å². The molecule has 0 amide bonds. The van der Waals surface area contributed by atoms with Crippen molar-refractivity contribution in [2.45, 2.75) is 25.4 Å². The highest BCUT2D eigenvalue weighted by atomic mass is 16.3. The average molecular weight is 153 g/mol. The van der Waals surface area contributed by atoms with Gasteiger partial charge in [0.15, 0.2) is 0 Å². The first-order valence-corrected chi connectivity index (χ1v) is 4.17. The third-order valence-electron chi connectivity index (χ3n) is 2.13. The molecule has 0 unspecified atom stereocenters. The van der Waals surface area contributed by atoms with Crippen molar-refractivity contribution in [2.24, 2.45) is 0 Å². The number of aliphatic hydroxyl groups excluding tert-OH is 1. The molecule has 0 aromatic rings. The summed E-state index contributed by atoms with van der Waals surface area (Å²) in [5, 5.41) is 9.19. The molecule has 2 heteroatoms. The van der Waals surface area contributed by atoms with Crippen LogP contribution in [0.4, 0.5) is 0 Å². The minimum Gasteiger partial charge on any atom is -0.393 e. The van der Waals surface area contributed by atoms with Crippen LogP contribution < -0.4 is 0 Å². The summed E-state index contributed by atoms with van der Waals surface area (Å²) in [5.74, 6) is 2.62. The van der Waals surface area contributed by atoms with E-state index in [1.165, 1.54) is 0 Å². The number of likely N-dealkylation sites (tertiary alicyclic amines) is 1. The van der Waals surface area contributed by atoms with Crippen molar-refractivity contribution in [3.63, 3.8) is 0 Å². The van der Waals surface area contributed by atoms with Crippen molar-refractivity contribution in [2.75, 3.05) is 19.6 Å². The topological polar surface area (TPSA) is 23.5 Å². The van der Waals surface area contributed by atoms with E-state index in [1.54, 1.807) is 0 Å². The van der Waals surface area contributed by atoms with Gasteiger partial charge in [-0.05, 0) is 12.8 Å². The lowest BCUT2D eigenvalue weighted by atomic mass is 10.1. The smallest absolute Gasteiger partial charge is 0.0564 e. The Balaban J connectivity index is 2.13. The Kier molecular flexibility index (Phi) is 3.41. The van der Waals surface area contributed by atoms with Gasteiger partial charge in [0.25, 0.3) is 0 Å². The highest BCUT2D eigenvalue weighted by Gasteiger charge is 2.15. The number of piperidine rings is 1. The van der Waals surface area contributed by atoms with E-state index in [2.05, 4.69) is 10.8 Å². The Morgan fingerprint density at radius 1 is 1.45 bits per heavy atom. The summed E-state index contributed by atoms with van der Waals surface area (Å²) in [6, 6.07) is 0. The predicted octanol–water partition coefficient (Wildman–Crippen LogP) is 0.466. The van der Waals surface area contributed by atoms with Crippen molar-refractivity contribution in [3.05, 3.63) is 0 Å². The van der Waals surface area contributed by atoms with Gasteiger partial charge in [0.05, 0.1) is 6.10 Å². The van der Waals surface area contributed by atoms with Crippen LogP contribution in [0.5, 0.6) is 0 Å². The second-order valence-electron chi connectivity index (χ2n) is 3.03. The van der Waals surface area contributed by atoms with Crippen LogP contribution in [0.15, 0.2) is 0 Å². The van der Waals surface area contributed by atoms with E-state index < -0.39 is 0 Å². The number of hydrogen-bond acceptors (Lipinski definition) is 2. The molecule has 0 aromatic heterocycles. The van der Waals surface area contributed by atoms with E-state index >= 15 is 0 Å². The van der Waals surface area contributed by atoms with Gasteiger partial charge in [0, 0.05) is 26.1 Å². The van der Waals surface area contributed by atoms with Gasteiger partial charge in [-0.3, -0.25) is 0 Å². The van der Waals surface area contributed by atoms with Crippen LogP contribution in [0.2, 0.25) is 0 Å². The standard InChI is InChI=1S/C9H15NO/c1-2-3-6-10-7-4-9(11)5-8-10/h1,9,11H,3-8H2. The van der Waals surface area contributed by atoms with Crippen molar-refractivity contribution >= 4 is 0 Å². The number of terminal acetylenes is 1.